The minimum absolute atomic E-state index is 0.00979. The summed E-state index contributed by atoms with van der Waals surface area (Å²) in [5, 5.41) is 9.47. The molecule has 0 aliphatic rings. The van der Waals surface area contributed by atoms with E-state index in [1.54, 1.807) is 30.4 Å². The summed E-state index contributed by atoms with van der Waals surface area (Å²) >= 11 is 11.5. The van der Waals surface area contributed by atoms with Crippen LogP contribution < -0.4 is 0 Å². The van der Waals surface area contributed by atoms with Crippen LogP contribution in [0.15, 0.2) is 24.3 Å². The highest BCUT2D eigenvalue weighted by Gasteiger charge is 1.95. The van der Waals surface area contributed by atoms with Crippen molar-refractivity contribution in [1.82, 2.24) is 0 Å². The topological polar surface area (TPSA) is 37.3 Å². The van der Waals surface area contributed by atoms with E-state index >= 15 is 0 Å². The second-order valence-corrected chi connectivity index (χ2v) is 3.58. The smallest absolute Gasteiger partial charge is 0.307 e. The van der Waals surface area contributed by atoms with Gasteiger partial charge in [0.25, 0.3) is 0 Å². The summed E-state index contributed by atoms with van der Waals surface area (Å²) in [5.41, 5.74) is 0.795. The van der Waals surface area contributed by atoms with Crippen LogP contribution in [0.4, 0.5) is 0 Å². The lowest BCUT2D eigenvalue weighted by Gasteiger charge is -1.96. The molecule has 0 unspecified atom stereocenters. The van der Waals surface area contributed by atoms with Crippen molar-refractivity contribution in [1.29, 1.82) is 0 Å². The SMILES string of the molecule is O=C(O)CC=Cc1cc(Cl)cc(Cl)c1. The molecule has 0 amide bonds. The summed E-state index contributed by atoms with van der Waals surface area (Å²) in [6, 6.07) is 5.05. The average Bonchev–Trinajstić information content (AvgIpc) is 2.01. The highest BCUT2D eigenvalue weighted by molar-refractivity contribution is 6.34. The van der Waals surface area contributed by atoms with Crippen LogP contribution in [0.2, 0.25) is 10.0 Å². The molecule has 0 heterocycles. The van der Waals surface area contributed by atoms with Gasteiger partial charge in [-0.25, -0.2) is 0 Å². The van der Waals surface area contributed by atoms with E-state index < -0.39 is 5.97 Å². The lowest BCUT2D eigenvalue weighted by atomic mass is 10.2. The molecule has 0 saturated carbocycles. The molecule has 0 aliphatic heterocycles. The molecule has 0 radical (unpaired) electrons. The van der Waals surface area contributed by atoms with E-state index in [-0.39, 0.29) is 6.42 Å². The molecule has 14 heavy (non-hydrogen) atoms. The molecule has 74 valence electrons. The molecule has 0 spiro atoms. The first-order valence-electron chi connectivity index (χ1n) is 3.92. The van der Waals surface area contributed by atoms with Crippen LogP contribution in [0.5, 0.6) is 0 Å². The standard InChI is InChI=1S/C10H8Cl2O2/c11-8-4-7(5-9(12)6-8)2-1-3-10(13)14/h1-2,4-6H,3H2,(H,13,14). The van der Waals surface area contributed by atoms with E-state index in [1.165, 1.54) is 0 Å². The minimum atomic E-state index is -0.866. The van der Waals surface area contributed by atoms with Crippen LogP contribution in [0.3, 0.4) is 0 Å². The molecule has 0 fully saturated rings. The number of carboxylic acids is 1. The lowest BCUT2D eigenvalue weighted by molar-refractivity contribution is -0.135. The number of carbonyl (C=O) groups is 1. The van der Waals surface area contributed by atoms with Gasteiger partial charge in [-0.3, -0.25) is 4.79 Å². The predicted octanol–water partition coefficient (Wildman–Crippen LogP) is 3.48. The van der Waals surface area contributed by atoms with Crippen molar-refractivity contribution in [3.63, 3.8) is 0 Å². The fourth-order valence-electron chi connectivity index (χ4n) is 0.967. The maximum Gasteiger partial charge on any atom is 0.307 e. The van der Waals surface area contributed by atoms with E-state index in [1.807, 2.05) is 0 Å². The molecule has 0 aromatic heterocycles. The van der Waals surface area contributed by atoms with Gasteiger partial charge >= 0.3 is 5.97 Å². The number of hydrogen-bond donors (Lipinski definition) is 1. The number of carboxylic acid groups (broad SMARTS) is 1. The molecule has 0 atom stereocenters. The molecule has 1 N–H and O–H groups in total. The normalized spacial score (nSPS) is 10.7. The van der Waals surface area contributed by atoms with Crippen LogP contribution in [-0.2, 0) is 4.79 Å². The zero-order chi connectivity index (χ0) is 10.6. The summed E-state index contributed by atoms with van der Waals surface area (Å²) in [6.07, 6.45) is 3.21. The van der Waals surface area contributed by atoms with Gasteiger partial charge in [-0.2, -0.15) is 0 Å². The summed E-state index contributed by atoms with van der Waals surface area (Å²) in [6.45, 7) is 0. The van der Waals surface area contributed by atoms with Gasteiger partial charge in [0, 0.05) is 10.0 Å². The van der Waals surface area contributed by atoms with Crippen molar-refractivity contribution in [2.45, 2.75) is 6.42 Å². The predicted molar refractivity (Wildman–Crippen MR) is 57.7 cm³/mol. The Kier molecular flexibility index (Phi) is 3.98. The van der Waals surface area contributed by atoms with Crippen molar-refractivity contribution in [3.05, 3.63) is 39.9 Å². The summed E-state index contributed by atoms with van der Waals surface area (Å²) in [5.74, 6) is -0.866. The molecule has 0 aliphatic carbocycles. The highest BCUT2D eigenvalue weighted by atomic mass is 35.5. The van der Waals surface area contributed by atoms with Gasteiger partial charge in [0.1, 0.15) is 0 Å². The molecule has 2 nitrogen and oxygen atoms in total. The lowest BCUT2D eigenvalue weighted by Crippen LogP contribution is -1.89. The molecular weight excluding hydrogens is 223 g/mol. The Morgan fingerprint density at radius 2 is 1.86 bits per heavy atom. The molecule has 1 aromatic rings. The van der Waals surface area contributed by atoms with Crippen molar-refractivity contribution in [2.24, 2.45) is 0 Å². The van der Waals surface area contributed by atoms with Crippen molar-refractivity contribution in [3.8, 4) is 0 Å². The third kappa shape index (κ3) is 3.81. The fourth-order valence-corrected chi connectivity index (χ4v) is 1.51. The Morgan fingerprint density at radius 3 is 2.36 bits per heavy atom. The Morgan fingerprint density at radius 1 is 1.29 bits per heavy atom. The maximum absolute atomic E-state index is 10.2. The largest absolute Gasteiger partial charge is 0.481 e. The first kappa shape index (κ1) is 11.1. The molecule has 4 heteroatoms. The average molecular weight is 231 g/mol. The second kappa shape index (κ2) is 5.03. The Labute approximate surface area is 91.8 Å². The van der Waals surface area contributed by atoms with Crippen LogP contribution in [-0.4, -0.2) is 11.1 Å². The van der Waals surface area contributed by atoms with Gasteiger partial charge in [0.2, 0.25) is 0 Å². The van der Waals surface area contributed by atoms with Gasteiger partial charge in [-0.1, -0.05) is 35.4 Å². The molecular formula is C10H8Cl2O2. The third-order valence-corrected chi connectivity index (χ3v) is 1.92. The molecule has 1 rings (SSSR count). The van der Waals surface area contributed by atoms with Crippen molar-refractivity contribution in [2.75, 3.05) is 0 Å². The van der Waals surface area contributed by atoms with Gasteiger partial charge in [-0.15, -0.1) is 0 Å². The second-order valence-electron chi connectivity index (χ2n) is 2.70. The summed E-state index contributed by atoms with van der Waals surface area (Å²) in [7, 11) is 0. The first-order valence-corrected chi connectivity index (χ1v) is 4.68. The number of halogens is 2. The van der Waals surface area contributed by atoms with Crippen LogP contribution in [0, 0.1) is 0 Å². The fraction of sp³-hybridized carbons (Fsp3) is 0.100. The zero-order valence-electron chi connectivity index (χ0n) is 7.21. The van der Waals surface area contributed by atoms with Crippen molar-refractivity contribution < 1.29 is 9.90 Å². The summed E-state index contributed by atoms with van der Waals surface area (Å²) < 4.78 is 0. The van der Waals surface area contributed by atoms with E-state index in [9.17, 15) is 4.79 Å². The Bertz CT molecular complexity index is 352. The number of rotatable bonds is 3. The van der Waals surface area contributed by atoms with Gasteiger partial charge < -0.3 is 5.11 Å². The molecule has 0 bridgehead atoms. The van der Waals surface area contributed by atoms with E-state index in [4.69, 9.17) is 28.3 Å². The van der Waals surface area contributed by atoms with Crippen LogP contribution in [0.1, 0.15) is 12.0 Å². The van der Waals surface area contributed by atoms with Crippen molar-refractivity contribution >= 4 is 35.2 Å². The quantitative estimate of drug-likeness (QED) is 0.864. The van der Waals surface area contributed by atoms with Crippen LogP contribution in [0.25, 0.3) is 6.08 Å². The molecule has 0 saturated heterocycles. The zero-order valence-corrected chi connectivity index (χ0v) is 8.72. The number of benzene rings is 1. The molecule has 1 aromatic carbocycles. The monoisotopic (exact) mass is 230 g/mol. The van der Waals surface area contributed by atoms with Gasteiger partial charge in [-0.05, 0) is 23.8 Å². The van der Waals surface area contributed by atoms with E-state index in [0.29, 0.717) is 10.0 Å². The highest BCUT2D eigenvalue weighted by Crippen LogP contribution is 2.19. The first-order chi connectivity index (χ1) is 6.58. The van der Waals surface area contributed by atoms with Gasteiger partial charge in [0.05, 0.1) is 6.42 Å². The number of aliphatic carboxylic acids is 1. The van der Waals surface area contributed by atoms with E-state index in [0.717, 1.165) is 5.56 Å². The third-order valence-electron chi connectivity index (χ3n) is 1.49. The Hall–Kier alpha value is -0.990. The van der Waals surface area contributed by atoms with Gasteiger partial charge in [0.15, 0.2) is 0 Å². The van der Waals surface area contributed by atoms with E-state index in [2.05, 4.69) is 0 Å². The number of hydrogen-bond acceptors (Lipinski definition) is 1. The minimum Gasteiger partial charge on any atom is -0.481 e. The summed E-state index contributed by atoms with van der Waals surface area (Å²) in [4.78, 5) is 10.2. The van der Waals surface area contributed by atoms with Crippen LogP contribution >= 0.6 is 23.2 Å². The maximum atomic E-state index is 10.2. The Balaban J connectivity index is 2.76.